The molecule has 0 atom stereocenters. The number of anilines is 2. The van der Waals surface area contributed by atoms with Crippen LogP contribution in [0.1, 0.15) is 12.8 Å². The largest absolute Gasteiger partial charge is 0.393 e. The van der Waals surface area contributed by atoms with Crippen molar-refractivity contribution < 1.29 is 0 Å². The smallest absolute Gasteiger partial charge is 0.157 e. The van der Waals surface area contributed by atoms with E-state index in [1.54, 1.807) is 0 Å². The molecule has 4 nitrogen and oxygen atoms in total. The zero-order valence-corrected chi connectivity index (χ0v) is 8.38. The Morgan fingerprint density at radius 3 is 3.07 bits per heavy atom. The summed E-state index contributed by atoms with van der Waals surface area (Å²) in [4.78, 5) is 7.69. The van der Waals surface area contributed by atoms with Gasteiger partial charge >= 0.3 is 0 Å². The molecule has 0 saturated heterocycles. The highest BCUT2D eigenvalue weighted by Gasteiger charge is 2.03. The lowest BCUT2D eigenvalue weighted by Crippen LogP contribution is -2.06. The molecule has 0 aliphatic rings. The van der Waals surface area contributed by atoms with E-state index in [0.29, 0.717) is 11.5 Å². The second-order valence-electron chi connectivity index (χ2n) is 2.66. The number of rotatable bonds is 4. The van der Waals surface area contributed by atoms with Crippen LogP contribution in [0.5, 0.6) is 0 Å². The van der Waals surface area contributed by atoms with Gasteiger partial charge in [-0.3, -0.25) is 0 Å². The highest BCUT2D eigenvalue weighted by Crippen LogP contribution is 2.21. The van der Waals surface area contributed by atoms with Gasteiger partial charge in [0.15, 0.2) is 11.0 Å². The normalized spacial score (nSPS) is 9.43. The first-order valence-electron chi connectivity index (χ1n) is 4.19. The molecule has 1 aromatic heterocycles. The minimum atomic E-state index is 0.263. The standard InChI is InChI=1S/C9H11ClN4/c1-2-3-4-5-12-9-7(11)8(10)13-6-14-9/h1,6H,3-5,11H2,(H,12,13,14). The molecule has 0 aromatic carbocycles. The predicted octanol–water partition coefficient (Wildman–Crippen LogP) is 1.54. The van der Waals surface area contributed by atoms with Gasteiger partial charge in [-0.2, -0.15) is 0 Å². The summed E-state index contributed by atoms with van der Waals surface area (Å²) >= 11 is 5.71. The molecule has 0 amide bonds. The van der Waals surface area contributed by atoms with Gasteiger partial charge in [0.05, 0.1) is 0 Å². The maximum atomic E-state index is 5.71. The summed E-state index contributed by atoms with van der Waals surface area (Å²) in [7, 11) is 0. The summed E-state index contributed by atoms with van der Waals surface area (Å²) in [5, 5.41) is 3.30. The summed E-state index contributed by atoms with van der Waals surface area (Å²) in [6.45, 7) is 0.724. The third-order valence-electron chi connectivity index (χ3n) is 1.63. The summed E-state index contributed by atoms with van der Waals surface area (Å²) < 4.78 is 0. The molecule has 74 valence electrons. The molecule has 0 spiro atoms. The third-order valence-corrected chi connectivity index (χ3v) is 1.93. The van der Waals surface area contributed by atoms with Crippen molar-refractivity contribution in [3.05, 3.63) is 11.5 Å². The van der Waals surface area contributed by atoms with Crippen molar-refractivity contribution in [1.82, 2.24) is 9.97 Å². The number of nitrogens with one attached hydrogen (secondary N) is 1. The average molecular weight is 211 g/mol. The molecule has 1 rings (SSSR count). The summed E-state index contributed by atoms with van der Waals surface area (Å²) in [5.74, 6) is 3.11. The topological polar surface area (TPSA) is 63.8 Å². The fraction of sp³-hybridized carbons (Fsp3) is 0.333. The zero-order chi connectivity index (χ0) is 10.4. The molecule has 0 saturated carbocycles. The molecule has 1 heterocycles. The van der Waals surface area contributed by atoms with E-state index in [9.17, 15) is 0 Å². The van der Waals surface area contributed by atoms with Gasteiger partial charge in [-0.05, 0) is 6.42 Å². The van der Waals surface area contributed by atoms with Gasteiger partial charge in [-0.15, -0.1) is 12.3 Å². The second kappa shape index (κ2) is 5.30. The summed E-state index contributed by atoms with van der Waals surface area (Å²) in [5.41, 5.74) is 6.01. The number of aromatic nitrogens is 2. The highest BCUT2D eigenvalue weighted by atomic mass is 35.5. The van der Waals surface area contributed by atoms with Gasteiger partial charge in [0.1, 0.15) is 12.0 Å². The van der Waals surface area contributed by atoms with Crippen LogP contribution >= 0.6 is 11.6 Å². The van der Waals surface area contributed by atoms with Crippen molar-refractivity contribution in [3.8, 4) is 12.3 Å². The van der Waals surface area contributed by atoms with Gasteiger partial charge in [-0.25, -0.2) is 9.97 Å². The SMILES string of the molecule is C#CCCCNc1ncnc(Cl)c1N. The molecule has 3 N–H and O–H groups in total. The van der Waals surface area contributed by atoms with E-state index in [1.165, 1.54) is 6.33 Å². The van der Waals surface area contributed by atoms with Crippen molar-refractivity contribution in [2.24, 2.45) is 0 Å². The Morgan fingerprint density at radius 1 is 1.57 bits per heavy atom. The van der Waals surface area contributed by atoms with Crippen molar-refractivity contribution in [2.45, 2.75) is 12.8 Å². The maximum Gasteiger partial charge on any atom is 0.157 e. The molecular formula is C9H11ClN4. The van der Waals surface area contributed by atoms with Crippen LogP contribution in [0.2, 0.25) is 5.15 Å². The first kappa shape index (κ1) is 10.6. The van der Waals surface area contributed by atoms with E-state index in [4.69, 9.17) is 23.8 Å². The number of halogens is 1. The molecule has 0 fully saturated rings. The van der Waals surface area contributed by atoms with Crippen LogP contribution < -0.4 is 11.1 Å². The lowest BCUT2D eigenvalue weighted by atomic mass is 10.3. The lowest BCUT2D eigenvalue weighted by molar-refractivity contribution is 0.900. The van der Waals surface area contributed by atoms with Gasteiger partial charge in [0.25, 0.3) is 0 Å². The Balaban J connectivity index is 2.51. The Morgan fingerprint density at radius 2 is 2.36 bits per heavy atom. The van der Waals surface area contributed by atoms with Crippen molar-refractivity contribution in [3.63, 3.8) is 0 Å². The molecular weight excluding hydrogens is 200 g/mol. The van der Waals surface area contributed by atoms with E-state index in [-0.39, 0.29) is 5.15 Å². The fourth-order valence-corrected chi connectivity index (χ4v) is 1.05. The van der Waals surface area contributed by atoms with Crippen molar-refractivity contribution >= 4 is 23.1 Å². The molecule has 0 unspecified atom stereocenters. The monoisotopic (exact) mass is 210 g/mol. The summed E-state index contributed by atoms with van der Waals surface area (Å²) in [6, 6.07) is 0. The van der Waals surface area contributed by atoms with Crippen molar-refractivity contribution in [1.29, 1.82) is 0 Å². The quantitative estimate of drug-likeness (QED) is 0.450. The van der Waals surface area contributed by atoms with Crippen LogP contribution in [-0.4, -0.2) is 16.5 Å². The Bertz CT molecular complexity index is 345. The Labute approximate surface area is 87.9 Å². The number of hydrogen-bond acceptors (Lipinski definition) is 4. The molecule has 0 aliphatic carbocycles. The first-order chi connectivity index (χ1) is 6.75. The molecule has 0 bridgehead atoms. The first-order valence-corrected chi connectivity index (χ1v) is 4.57. The van der Waals surface area contributed by atoms with E-state index in [2.05, 4.69) is 21.2 Å². The second-order valence-corrected chi connectivity index (χ2v) is 3.02. The van der Waals surface area contributed by atoms with Gasteiger partial charge in [0, 0.05) is 13.0 Å². The van der Waals surface area contributed by atoms with E-state index >= 15 is 0 Å². The van der Waals surface area contributed by atoms with E-state index in [0.717, 1.165) is 19.4 Å². The van der Waals surface area contributed by atoms with Gasteiger partial charge in [0.2, 0.25) is 0 Å². The third kappa shape index (κ3) is 2.79. The number of unbranched alkanes of at least 4 members (excludes halogenated alkanes) is 1. The molecule has 14 heavy (non-hydrogen) atoms. The van der Waals surface area contributed by atoms with Crippen LogP contribution in [0.4, 0.5) is 11.5 Å². The van der Waals surface area contributed by atoms with Gasteiger partial charge in [-0.1, -0.05) is 11.6 Å². The maximum absolute atomic E-state index is 5.71. The average Bonchev–Trinajstić information content (AvgIpc) is 2.19. The van der Waals surface area contributed by atoms with E-state index in [1.807, 2.05) is 0 Å². The van der Waals surface area contributed by atoms with Crippen LogP contribution in [0.3, 0.4) is 0 Å². The number of nitrogen functional groups attached to an aromatic ring is 1. The minimum absolute atomic E-state index is 0.263. The zero-order valence-electron chi connectivity index (χ0n) is 7.63. The lowest BCUT2D eigenvalue weighted by Gasteiger charge is -2.06. The van der Waals surface area contributed by atoms with E-state index < -0.39 is 0 Å². The molecule has 0 radical (unpaired) electrons. The van der Waals surface area contributed by atoms with Gasteiger partial charge < -0.3 is 11.1 Å². The Hall–Kier alpha value is -1.47. The molecule has 1 aromatic rings. The fourth-order valence-electron chi connectivity index (χ4n) is 0.912. The number of terminal acetylenes is 1. The van der Waals surface area contributed by atoms with Crippen molar-refractivity contribution in [2.75, 3.05) is 17.6 Å². The molecule has 0 aliphatic heterocycles. The number of nitrogens with two attached hydrogens (primary N) is 1. The van der Waals surface area contributed by atoms with Crippen LogP contribution in [-0.2, 0) is 0 Å². The number of nitrogens with zero attached hydrogens (tertiary/aromatic N) is 2. The van der Waals surface area contributed by atoms with Crippen LogP contribution in [0, 0.1) is 12.3 Å². The number of hydrogen-bond donors (Lipinski definition) is 2. The predicted molar refractivity (Wildman–Crippen MR) is 58.0 cm³/mol. The molecule has 5 heteroatoms. The van der Waals surface area contributed by atoms with Crippen LogP contribution in [0.25, 0.3) is 0 Å². The minimum Gasteiger partial charge on any atom is -0.393 e. The Kier molecular flexibility index (Phi) is 4.02. The van der Waals surface area contributed by atoms with Crippen LogP contribution in [0.15, 0.2) is 6.33 Å². The highest BCUT2D eigenvalue weighted by molar-refractivity contribution is 6.32. The summed E-state index contributed by atoms with van der Waals surface area (Å²) in [6.07, 6.45) is 8.08.